The Balaban J connectivity index is 0.941. The lowest BCUT2D eigenvalue weighted by Gasteiger charge is -2.26. The fraction of sp³-hybridized carbons (Fsp3) is 0.250. The number of H-pyrrole nitrogens is 1. The standard InChI is InChI=1S/C48H47N5O2/c1-47(2,3)37-21-15-32(16-22-37)44(50)54-43(49)31-11-7-29(8-12-31)35-19-25-41-39(27-35)40-28-36(20-26-42(40)51-41)30-9-13-33(14-10-30)45-52-53-46(55-45)34-17-23-38(24-18-34)48(4,5)6/h7-15,17-21,23-27,36,49-51H,16,22,28H2,1-6H3. The van der Waals surface area contributed by atoms with Gasteiger partial charge in [-0.3, -0.25) is 10.8 Å². The van der Waals surface area contributed by atoms with Crippen molar-refractivity contribution in [2.45, 2.75) is 72.1 Å². The van der Waals surface area contributed by atoms with Gasteiger partial charge in [0, 0.05) is 44.8 Å². The first-order chi connectivity index (χ1) is 26.3. The van der Waals surface area contributed by atoms with E-state index in [9.17, 15) is 0 Å². The molecule has 8 rings (SSSR count). The average Bonchev–Trinajstić information content (AvgIpc) is 3.83. The molecule has 6 aromatic rings. The van der Waals surface area contributed by atoms with Crippen molar-refractivity contribution in [3.8, 4) is 34.0 Å². The van der Waals surface area contributed by atoms with Crippen LogP contribution in [0.5, 0.6) is 0 Å². The molecule has 0 aliphatic heterocycles. The van der Waals surface area contributed by atoms with Gasteiger partial charge >= 0.3 is 0 Å². The Morgan fingerprint density at radius 1 is 0.709 bits per heavy atom. The number of nitrogens with zero attached hydrogens (tertiary/aromatic N) is 2. The molecule has 276 valence electrons. The van der Waals surface area contributed by atoms with Gasteiger partial charge in [0.25, 0.3) is 0 Å². The molecule has 0 radical (unpaired) electrons. The van der Waals surface area contributed by atoms with Gasteiger partial charge in [-0.05, 0) is 113 Å². The molecular weight excluding hydrogens is 679 g/mol. The third-order valence-electron chi connectivity index (χ3n) is 11.0. The van der Waals surface area contributed by atoms with Crippen LogP contribution in [-0.2, 0) is 16.6 Å². The largest absolute Gasteiger partial charge is 0.421 e. The third-order valence-corrected chi connectivity index (χ3v) is 11.0. The highest BCUT2D eigenvalue weighted by atomic mass is 16.5. The molecule has 4 aromatic carbocycles. The molecule has 0 spiro atoms. The van der Waals surface area contributed by atoms with Crippen molar-refractivity contribution in [2.75, 3.05) is 0 Å². The fourth-order valence-corrected chi connectivity index (χ4v) is 7.47. The molecule has 1 unspecified atom stereocenters. The van der Waals surface area contributed by atoms with Crippen LogP contribution < -0.4 is 0 Å². The summed E-state index contributed by atoms with van der Waals surface area (Å²) < 4.78 is 11.8. The summed E-state index contributed by atoms with van der Waals surface area (Å²) in [5.41, 5.74) is 13.0. The molecule has 0 amide bonds. The molecule has 55 heavy (non-hydrogen) atoms. The maximum atomic E-state index is 8.56. The van der Waals surface area contributed by atoms with Crippen molar-refractivity contribution in [1.29, 1.82) is 10.8 Å². The first kappa shape index (κ1) is 35.9. The number of ether oxygens (including phenoxy) is 1. The summed E-state index contributed by atoms with van der Waals surface area (Å²) in [5, 5.41) is 26.9. The summed E-state index contributed by atoms with van der Waals surface area (Å²) in [6.07, 6.45) is 11.1. The Kier molecular flexibility index (Phi) is 9.12. The van der Waals surface area contributed by atoms with E-state index in [1.807, 2.05) is 42.5 Å². The lowest BCUT2D eigenvalue weighted by atomic mass is 9.80. The van der Waals surface area contributed by atoms with Crippen LogP contribution in [0.15, 0.2) is 125 Å². The van der Waals surface area contributed by atoms with Gasteiger partial charge in [-0.1, -0.05) is 108 Å². The number of allylic oxidation sites excluding steroid dienone is 4. The topological polar surface area (TPSA) is 112 Å². The second-order valence-corrected chi connectivity index (χ2v) is 16.8. The van der Waals surface area contributed by atoms with Crippen molar-refractivity contribution < 1.29 is 9.15 Å². The van der Waals surface area contributed by atoms with E-state index >= 15 is 0 Å². The van der Waals surface area contributed by atoms with Crippen LogP contribution in [0.3, 0.4) is 0 Å². The van der Waals surface area contributed by atoms with Crippen molar-refractivity contribution in [1.82, 2.24) is 15.2 Å². The summed E-state index contributed by atoms with van der Waals surface area (Å²) in [7, 11) is 0. The predicted octanol–water partition coefficient (Wildman–Crippen LogP) is 12.2. The van der Waals surface area contributed by atoms with Gasteiger partial charge < -0.3 is 14.1 Å². The van der Waals surface area contributed by atoms with Crippen LogP contribution in [0.2, 0.25) is 0 Å². The van der Waals surface area contributed by atoms with Crippen LogP contribution in [0.4, 0.5) is 0 Å². The Labute approximate surface area is 322 Å². The zero-order valence-corrected chi connectivity index (χ0v) is 32.4. The monoisotopic (exact) mass is 725 g/mol. The van der Waals surface area contributed by atoms with Crippen LogP contribution in [-0.4, -0.2) is 27.0 Å². The number of nitrogens with one attached hydrogen (secondary N) is 3. The van der Waals surface area contributed by atoms with E-state index < -0.39 is 0 Å². The van der Waals surface area contributed by atoms with Crippen molar-refractivity contribution in [2.24, 2.45) is 5.41 Å². The van der Waals surface area contributed by atoms with Gasteiger partial charge in [-0.25, -0.2) is 0 Å². The number of hydrogen-bond acceptors (Lipinski definition) is 6. The van der Waals surface area contributed by atoms with E-state index in [2.05, 4.69) is 130 Å². The van der Waals surface area contributed by atoms with Gasteiger partial charge in [0.05, 0.1) is 0 Å². The predicted molar refractivity (Wildman–Crippen MR) is 224 cm³/mol. The van der Waals surface area contributed by atoms with E-state index in [1.165, 1.54) is 27.6 Å². The van der Waals surface area contributed by atoms with Crippen molar-refractivity contribution in [3.05, 3.63) is 148 Å². The minimum absolute atomic E-state index is 0.0205. The zero-order chi connectivity index (χ0) is 38.5. The van der Waals surface area contributed by atoms with Gasteiger partial charge in [-0.15, -0.1) is 10.2 Å². The highest BCUT2D eigenvalue weighted by molar-refractivity contribution is 6.05. The Morgan fingerprint density at radius 3 is 1.96 bits per heavy atom. The molecule has 7 heteroatoms. The van der Waals surface area contributed by atoms with E-state index in [-0.39, 0.29) is 28.5 Å². The minimum atomic E-state index is -0.0205. The molecule has 3 N–H and O–H groups in total. The second-order valence-electron chi connectivity index (χ2n) is 16.8. The minimum Gasteiger partial charge on any atom is -0.421 e. The van der Waals surface area contributed by atoms with E-state index in [4.69, 9.17) is 20.0 Å². The van der Waals surface area contributed by atoms with Crippen LogP contribution >= 0.6 is 0 Å². The summed E-state index contributed by atoms with van der Waals surface area (Å²) in [4.78, 5) is 3.61. The second kappa shape index (κ2) is 14.0. The summed E-state index contributed by atoms with van der Waals surface area (Å²) >= 11 is 0. The van der Waals surface area contributed by atoms with Gasteiger partial charge in [0.1, 0.15) is 0 Å². The third kappa shape index (κ3) is 7.39. The van der Waals surface area contributed by atoms with E-state index in [0.717, 1.165) is 58.3 Å². The lowest BCUT2D eigenvalue weighted by Crippen LogP contribution is -2.17. The molecule has 0 fully saturated rings. The molecule has 0 saturated carbocycles. The first-order valence-corrected chi connectivity index (χ1v) is 19.0. The normalized spacial score (nSPS) is 15.7. The Bertz CT molecular complexity index is 2510. The van der Waals surface area contributed by atoms with Gasteiger partial charge in [-0.2, -0.15) is 0 Å². The molecule has 7 nitrogen and oxygen atoms in total. The van der Waals surface area contributed by atoms with Crippen molar-refractivity contribution in [3.63, 3.8) is 0 Å². The summed E-state index contributed by atoms with van der Waals surface area (Å²) in [5.74, 6) is 1.28. The number of benzene rings is 4. The molecule has 2 aliphatic carbocycles. The highest BCUT2D eigenvalue weighted by Gasteiger charge is 2.23. The number of aromatic amines is 1. The maximum Gasteiger partial charge on any atom is 0.248 e. The zero-order valence-electron chi connectivity index (χ0n) is 32.4. The molecule has 2 heterocycles. The number of fused-ring (bicyclic) bond motifs is 3. The van der Waals surface area contributed by atoms with Crippen LogP contribution in [0.25, 0.3) is 51.0 Å². The van der Waals surface area contributed by atoms with Gasteiger partial charge in [0.2, 0.25) is 23.6 Å². The number of hydrogen-bond donors (Lipinski definition) is 3. The summed E-state index contributed by atoms with van der Waals surface area (Å²) in [6, 6.07) is 31.2. The molecule has 0 saturated heterocycles. The smallest absolute Gasteiger partial charge is 0.248 e. The van der Waals surface area contributed by atoms with E-state index in [0.29, 0.717) is 17.3 Å². The molecule has 0 bridgehead atoms. The lowest BCUT2D eigenvalue weighted by molar-refractivity contribution is 0.477. The van der Waals surface area contributed by atoms with E-state index in [1.54, 1.807) is 0 Å². The Morgan fingerprint density at radius 2 is 1.35 bits per heavy atom. The number of rotatable bonds is 6. The molecule has 2 aromatic heterocycles. The summed E-state index contributed by atoms with van der Waals surface area (Å²) in [6.45, 7) is 13.2. The Hall–Kier alpha value is -6.08. The fourth-order valence-electron chi connectivity index (χ4n) is 7.47. The van der Waals surface area contributed by atoms with Crippen LogP contribution in [0.1, 0.15) is 88.2 Å². The first-order valence-electron chi connectivity index (χ1n) is 19.0. The van der Waals surface area contributed by atoms with Gasteiger partial charge in [0.15, 0.2) is 0 Å². The molecule has 1 atom stereocenters. The molecule has 2 aliphatic rings. The average molecular weight is 726 g/mol. The highest BCUT2D eigenvalue weighted by Crippen LogP contribution is 2.38. The quantitative estimate of drug-likeness (QED) is 0.117. The number of aromatic nitrogens is 3. The SMILES string of the molecule is CC(C)(C)C1=CC=C(C(=N)OC(=N)c2ccc(-c3ccc4[nH]c5c(c4c3)CC(c3ccc(-c4nnc(-c6ccc(C(C)(C)C)cc6)o4)cc3)C=C5)cc2)CC1. The van der Waals surface area contributed by atoms with Crippen molar-refractivity contribution >= 4 is 28.8 Å². The molecular formula is C48H47N5O2. The van der Waals surface area contributed by atoms with Crippen LogP contribution in [0, 0.1) is 16.2 Å². The maximum absolute atomic E-state index is 8.56.